The number of para-hydroxylation sites is 1. The van der Waals surface area contributed by atoms with E-state index >= 15 is 0 Å². The second kappa shape index (κ2) is 6.89. The Morgan fingerprint density at radius 1 is 1.43 bits per heavy atom. The van der Waals surface area contributed by atoms with Gasteiger partial charge in [0.25, 0.3) is 11.6 Å². The molecular formula is C15H19ClN2O3. The number of amides is 1. The lowest BCUT2D eigenvalue weighted by Gasteiger charge is -2.27. The minimum atomic E-state index is -0.505. The number of alkyl halides is 1. The average molecular weight is 311 g/mol. The molecule has 0 spiro atoms. The number of carbonyl (C=O) groups is 1. The van der Waals surface area contributed by atoms with Gasteiger partial charge in [0.05, 0.1) is 4.92 Å². The summed E-state index contributed by atoms with van der Waals surface area (Å²) in [5, 5.41) is 14.0. The van der Waals surface area contributed by atoms with E-state index in [0.29, 0.717) is 12.1 Å². The first-order valence-electron chi connectivity index (χ1n) is 7.17. The molecule has 21 heavy (non-hydrogen) atoms. The van der Waals surface area contributed by atoms with Gasteiger partial charge in [-0.3, -0.25) is 14.9 Å². The lowest BCUT2D eigenvalue weighted by atomic mass is 9.88. The Kier molecular flexibility index (Phi) is 5.17. The van der Waals surface area contributed by atoms with Crippen molar-refractivity contribution in [2.24, 2.45) is 5.92 Å². The first kappa shape index (κ1) is 15.8. The summed E-state index contributed by atoms with van der Waals surface area (Å²) in [6, 6.07) is 4.77. The van der Waals surface area contributed by atoms with Gasteiger partial charge in [-0.1, -0.05) is 25.0 Å². The predicted octanol–water partition coefficient (Wildman–Crippen LogP) is 3.43. The van der Waals surface area contributed by atoms with Gasteiger partial charge in [0.1, 0.15) is 5.56 Å². The van der Waals surface area contributed by atoms with Crippen LogP contribution in [0.25, 0.3) is 0 Å². The smallest absolute Gasteiger partial charge is 0.285 e. The topological polar surface area (TPSA) is 72.2 Å². The van der Waals surface area contributed by atoms with E-state index in [-0.39, 0.29) is 22.5 Å². The summed E-state index contributed by atoms with van der Waals surface area (Å²) in [5.74, 6) is -0.159. The minimum Gasteiger partial charge on any atom is -0.351 e. The third-order valence-electron chi connectivity index (χ3n) is 4.01. The zero-order valence-corrected chi connectivity index (χ0v) is 12.7. The summed E-state index contributed by atoms with van der Waals surface area (Å²) in [7, 11) is 0. The highest BCUT2D eigenvalue weighted by molar-refractivity contribution is 6.20. The number of carbonyl (C=O) groups excluding carboxylic acids is 1. The third kappa shape index (κ3) is 3.73. The van der Waals surface area contributed by atoms with E-state index in [1.165, 1.54) is 6.07 Å². The van der Waals surface area contributed by atoms with Gasteiger partial charge in [-0.15, -0.1) is 11.6 Å². The van der Waals surface area contributed by atoms with Crippen molar-refractivity contribution < 1.29 is 9.72 Å². The SMILES string of the molecule is Cc1cccc(C(=O)NCC2CCCCC2Cl)c1[N+](=O)[O-]. The number of nitrogens with zero attached hydrogens (tertiary/aromatic N) is 1. The molecule has 2 rings (SSSR count). The molecule has 5 nitrogen and oxygen atoms in total. The molecule has 1 aromatic carbocycles. The molecule has 1 aliphatic rings. The Labute approximate surface area is 128 Å². The maximum absolute atomic E-state index is 12.2. The Balaban J connectivity index is 2.07. The summed E-state index contributed by atoms with van der Waals surface area (Å²) in [4.78, 5) is 22.8. The highest BCUT2D eigenvalue weighted by atomic mass is 35.5. The van der Waals surface area contributed by atoms with Crippen LogP contribution in [0.3, 0.4) is 0 Å². The maximum Gasteiger partial charge on any atom is 0.285 e. The van der Waals surface area contributed by atoms with Crippen LogP contribution in [0.1, 0.15) is 41.6 Å². The van der Waals surface area contributed by atoms with Gasteiger partial charge in [0.2, 0.25) is 0 Å². The number of hydrogen-bond acceptors (Lipinski definition) is 3. The summed E-state index contributed by atoms with van der Waals surface area (Å²) in [6.07, 6.45) is 4.20. The summed E-state index contributed by atoms with van der Waals surface area (Å²) in [5.41, 5.74) is 0.475. The number of halogens is 1. The lowest BCUT2D eigenvalue weighted by Crippen LogP contribution is -2.35. The van der Waals surface area contributed by atoms with Gasteiger partial charge in [-0.25, -0.2) is 0 Å². The van der Waals surface area contributed by atoms with Crippen LogP contribution in [0.5, 0.6) is 0 Å². The zero-order chi connectivity index (χ0) is 15.4. The molecule has 1 saturated carbocycles. The average Bonchev–Trinajstić information content (AvgIpc) is 2.45. The maximum atomic E-state index is 12.2. The second-order valence-electron chi connectivity index (χ2n) is 5.50. The van der Waals surface area contributed by atoms with Gasteiger partial charge in [0, 0.05) is 17.5 Å². The predicted molar refractivity (Wildman–Crippen MR) is 81.8 cm³/mol. The number of nitrogens with one attached hydrogen (secondary N) is 1. The van der Waals surface area contributed by atoms with E-state index in [9.17, 15) is 14.9 Å². The van der Waals surface area contributed by atoms with Gasteiger partial charge in [-0.05, 0) is 31.7 Å². The van der Waals surface area contributed by atoms with E-state index in [4.69, 9.17) is 11.6 Å². The molecule has 0 saturated heterocycles. The molecule has 1 amide bonds. The summed E-state index contributed by atoms with van der Waals surface area (Å²) in [6.45, 7) is 2.10. The van der Waals surface area contributed by atoms with E-state index in [0.717, 1.165) is 25.7 Å². The van der Waals surface area contributed by atoms with Crippen molar-refractivity contribution in [1.29, 1.82) is 0 Å². The van der Waals surface area contributed by atoms with Gasteiger partial charge < -0.3 is 5.32 Å². The minimum absolute atomic E-state index is 0.0755. The van der Waals surface area contributed by atoms with Crippen LogP contribution >= 0.6 is 11.6 Å². The van der Waals surface area contributed by atoms with E-state index in [2.05, 4.69) is 5.32 Å². The fourth-order valence-corrected chi connectivity index (χ4v) is 3.17. The Morgan fingerprint density at radius 2 is 2.14 bits per heavy atom. The molecule has 1 N–H and O–H groups in total. The van der Waals surface area contributed by atoms with Gasteiger partial charge in [-0.2, -0.15) is 0 Å². The zero-order valence-electron chi connectivity index (χ0n) is 12.0. The molecule has 2 atom stereocenters. The molecule has 2 unspecified atom stereocenters. The fourth-order valence-electron chi connectivity index (χ4n) is 2.80. The van der Waals surface area contributed by atoms with Gasteiger partial charge >= 0.3 is 0 Å². The van der Waals surface area contributed by atoms with Crippen LogP contribution in [0.4, 0.5) is 5.69 Å². The summed E-state index contributed by atoms with van der Waals surface area (Å²) < 4.78 is 0. The van der Waals surface area contributed by atoms with Crippen molar-refractivity contribution in [2.75, 3.05) is 6.54 Å². The Bertz CT molecular complexity index is 548. The van der Waals surface area contributed by atoms with E-state index in [1.54, 1.807) is 19.1 Å². The third-order valence-corrected chi connectivity index (χ3v) is 4.58. The number of benzene rings is 1. The number of aryl methyl sites for hydroxylation is 1. The molecule has 1 aliphatic carbocycles. The largest absolute Gasteiger partial charge is 0.351 e. The molecule has 0 radical (unpaired) electrons. The van der Waals surface area contributed by atoms with Crippen molar-refractivity contribution in [2.45, 2.75) is 38.0 Å². The van der Waals surface area contributed by atoms with Crippen LogP contribution in [0.2, 0.25) is 0 Å². The van der Waals surface area contributed by atoms with Crippen molar-refractivity contribution >= 4 is 23.2 Å². The fraction of sp³-hybridized carbons (Fsp3) is 0.533. The van der Waals surface area contributed by atoms with Crippen molar-refractivity contribution in [3.8, 4) is 0 Å². The molecule has 0 aromatic heterocycles. The van der Waals surface area contributed by atoms with Crippen LogP contribution in [0, 0.1) is 23.0 Å². The number of nitro benzene ring substituents is 1. The first-order valence-corrected chi connectivity index (χ1v) is 7.60. The number of hydrogen-bond donors (Lipinski definition) is 1. The van der Waals surface area contributed by atoms with E-state index in [1.807, 2.05) is 0 Å². The molecule has 0 bridgehead atoms. The molecule has 114 valence electrons. The van der Waals surface area contributed by atoms with Crippen LogP contribution < -0.4 is 5.32 Å². The normalized spacial score (nSPS) is 21.8. The monoisotopic (exact) mass is 310 g/mol. The lowest BCUT2D eigenvalue weighted by molar-refractivity contribution is -0.385. The quantitative estimate of drug-likeness (QED) is 0.526. The van der Waals surface area contributed by atoms with Crippen LogP contribution in [-0.2, 0) is 0 Å². The van der Waals surface area contributed by atoms with Crippen molar-refractivity contribution in [3.05, 3.63) is 39.4 Å². The number of rotatable bonds is 4. The standard InChI is InChI=1S/C15H19ClN2O3/c1-10-5-4-7-12(14(10)18(20)21)15(19)17-9-11-6-2-3-8-13(11)16/h4-5,7,11,13H,2-3,6,8-9H2,1H3,(H,17,19). The highest BCUT2D eigenvalue weighted by Gasteiger charge is 2.26. The highest BCUT2D eigenvalue weighted by Crippen LogP contribution is 2.28. The summed E-state index contributed by atoms with van der Waals surface area (Å²) >= 11 is 6.26. The Hall–Kier alpha value is -1.62. The number of nitro groups is 1. The molecule has 0 heterocycles. The molecule has 0 aliphatic heterocycles. The van der Waals surface area contributed by atoms with E-state index < -0.39 is 10.8 Å². The van der Waals surface area contributed by atoms with Crippen molar-refractivity contribution in [1.82, 2.24) is 5.32 Å². The molecule has 1 fully saturated rings. The van der Waals surface area contributed by atoms with Crippen molar-refractivity contribution in [3.63, 3.8) is 0 Å². The van der Waals surface area contributed by atoms with Gasteiger partial charge in [0.15, 0.2) is 0 Å². The first-order chi connectivity index (χ1) is 10.0. The molecule has 6 heteroatoms. The Morgan fingerprint density at radius 3 is 2.81 bits per heavy atom. The molecule has 1 aromatic rings. The second-order valence-corrected chi connectivity index (χ2v) is 6.06. The molecular weight excluding hydrogens is 292 g/mol. The van der Waals surface area contributed by atoms with Crippen LogP contribution in [-0.4, -0.2) is 22.8 Å². The van der Waals surface area contributed by atoms with Crippen LogP contribution in [0.15, 0.2) is 18.2 Å².